The minimum absolute atomic E-state index is 0.00935. The molecule has 6 atom stereocenters. The van der Waals surface area contributed by atoms with Crippen molar-refractivity contribution in [2.45, 2.75) is 38.9 Å². The van der Waals surface area contributed by atoms with Gasteiger partial charge in [0.1, 0.15) is 18.8 Å². The van der Waals surface area contributed by atoms with Gasteiger partial charge in [0.05, 0.1) is 19.6 Å². The monoisotopic (exact) mass is 326 g/mol. The molecule has 0 bridgehead atoms. The van der Waals surface area contributed by atoms with Crippen LogP contribution in [0.2, 0.25) is 0 Å². The van der Waals surface area contributed by atoms with Crippen LogP contribution in [0, 0.1) is 23.7 Å². The molecule has 2 aliphatic rings. The molecule has 130 valence electrons. The van der Waals surface area contributed by atoms with Crippen LogP contribution in [0.4, 0.5) is 0 Å². The average molecular weight is 326 g/mol. The Balaban J connectivity index is 2.24. The van der Waals surface area contributed by atoms with Crippen molar-refractivity contribution in [3.05, 3.63) is 12.2 Å². The predicted octanol–water partition coefficient (Wildman–Crippen LogP) is 1.93. The van der Waals surface area contributed by atoms with Crippen molar-refractivity contribution in [3.8, 4) is 0 Å². The van der Waals surface area contributed by atoms with Crippen LogP contribution < -0.4 is 0 Å². The first-order chi connectivity index (χ1) is 10.9. The number of rotatable bonds is 6. The van der Waals surface area contributed by atoms with Gasteiger partial charge in [0.15, 0.2) is 0 Å². The highest BCUT2D eigenvalue weighted by atomic mass is 16.7. The summed E-state index contributed by atoms with van der Waals surface area (Å²) in [5.41, 5.74) is 1.01. The fourth-order valence-electron chi connectivity index (χ4n) is 3.96. The second-order valence-corrected chi connectivity index (χ2v) is 6.52. The second-order valence-electron chi connectivity index (χ2n) is 6.52. The van der Waals surface area contributed by atoms with Gasteiger partial charge in [0, 0.05) is 13.0 Å². The van der Waals surface area contributed by atoms with Crippen molar-refractivity contribution >= 4 is 11.9 Å². The summed E-state index contributed by atoms with van der Waals surface area (Å²) >= 11 is 0. The summed E-state index contributed by atoms with van der Waals surface area (Å²) in [4.78, 5) is 23.8. The van der Waals surface area contributed by atoms with Gasteiger partial charge < -0.3 is 18.9 Å². The van der Waals surface area contributed by atoms with Gasteiger partial charge in [-0.2, -0.15) is 0 Å². The Kier molecular flexibility index (Phi) is 5.81. The van der Waals surface area contributed by atoms with Crippen LogP contribution >= 0.6 is 0 Å². The number of carbonyl (C=O) groups is 2. The Bertz CT molecular complexity index is 474. The smallest absolute Gasteiger partial charge is 0.313 e. The molecule has 1 aliphatic carbocycles. The number of ether oxygens (including phenoxy) is 4. The highest BCUT2D eigenvalue weighted by Crippen LogP contribution is 2.48. The molecule has 0 spiro atoms. The van der Waals surface area contributed by atoms with Gasteiger partial charge in [-0.1, -0.05) is 19.1 Å². The molecule has 0 N–H and O–H groups in total. The summed E-state index contributed by atoms with van der Waals surface area (Å²) in [5.74, 6) is -1.05. The van der Waals surface area contributed by atoms with Gasteiger partial charge in [-0.3, -0.25) is 9.59 Å². The Labute approximate surface area is 137 Å². The summed E-state index contributed by atoms with van der Waals surface area (Å²) in [7, 11) is 2.92. The number of cyclic esters (lactones) is 1. The Morgan fingerprint density at radius 2 is 2.04 bits per heavy atom. The normalized spacial score (nSPS) is 36.8. The highest BCUT2D eigenvalue weighted by molar-refractivity contribution is 5.83. The van der Waals surface area contributed by atoms with Crippen molar-refractivity contribution < 1.29 is 28.5 Å². The zero-order chi connectivity index (χ0) is 17.1. The highest BCUT2D eigenvalue weighted by Gasteiger charge is 2.53. The van der Waals surface area contributed by atoms with Gasteiger partial charge >= 0.3 is 11.9 Å². The molecule has 2 fully saturated rings. The van der Waals surface area contributed by atoms with Crippen LogP contribution in [0.1, 0.15) is 26.7 Å². The molecule has 1 saturated heterocycles. The molecule has 0 aromatic carbocycles. The van der Waals surface area contributed by atoms with Crippen molar-refractivity contribution in [2.24, 2.45) is 23.7 Å². The van der Waals surface area contributed by atoms with E-state index in [1.54, 1.807) is 7.11 Å². The summed E-state index contributed by atoms with van der Waals surface area (Å²) < 4.78 is 21.1. The number of methoxy groups -OCH3 is 2. The number of allylic oxidation sites excluding steroid dienone is 1. The Morgan fingerprint density at radius 1 is 1.35 bits per heavy atom. The molecule has 0 aromatic rings. The van der Waals surface area contributed by atoms with E-state index in [4.69, 9.17) is 18.9 Å². The third-order valence-corrected chi connectivity index (χ3v) is 5.11. The van der Waals surface area contributed by atoms with Gasteiger partial charge in [0.25, 0.3) is 0 Å². The maximum Gasteiger partial charge on any atom is 0.313 e. The van der Waals surface area contributed by atoms with Crippen molar-refractivity contribution in [1.82, 2.24) is 0 Å². The quantitative estimate of drug-likeness (QED) is 0.422. The first-order valence-electron chi connectivity index (χ1n) is 7.93. The number of hydrogen-bond donors (Lipinski definition) is 0. The molecule has 1 aliphatic heterocycles. The van der Waals surface area contributed by atoms with Gasteiger partial charge in [-0.25, -0.2) is 0 Å². The maximum atomic E-state index is 12.0. The number of esters is 2. The van der Waals surface area contributed by atoms with Crippen LogP contribution in [0.3, 0.4) is 0 Å². The molecule has 0 aromatic heterocycles. The fourth-order valence-corrected chi connectivity index (χ4v) is 3.96. The van der Waals surface area contributed by atoms with Gasteiger partial charge in [-0.05, 0) is 25.2 Å². The summed E-state index contributed by atoms with van der Waals surface area (Å²) in [6.45, 7) is 8.32. The summed E-state index contributed by atoms with van der Waals surface area (Å²) in [6, 6.07) is 0. The second kappa shape index (κ2) is 7.45. The van der Waals surface area contributed by atoms with E-state index in [1.807, 2.05) is 6.92 Å². The van der Waals surface area contributed by atoms with Crippen molar-refractivity contribution in [3.63, 3.8) is 0 Å². The van der Waals surface area contributed by atoms with Crippen LogP contribution in [0.5, 0.6) is 0 Å². The van der Waals surface area contributed by atoms with E-state index >= 15 is 0 Å². The van der Waals surface area contributed by atoms with E-state index in [1.165, 1.54) is 7.11 Å². The lowest BCUT2D eigenvalue weighted by Crippen LogP contribution is -2.38. The molecule has 0 amide bonds. The van der Waals surface area contributed by atoms with E-state index in [9.17, 15) is 9.59 Å². The molecular weight excluding hydrogens is 300 g/mol. The minimum atomic E-state index is -0.553. The first kappa shape index (κ1) is 17.9. The van der Waals surface area contributed by atoms with E-state index in [0.29, 0.717) is 0 Å². The summed E-state index contributed by atoms with van der Waals surface area (Å²) in [6.07, 6.45) is 0.363. The zero-order valence-electron chi connectivity index (χ0n) is 14.2. The SMILES string of the molecule is C=C(C)[C@H]1C[C@H](OCOC)[C@H](C)[C@H]1[C@@H]1OC(=O)C[C@H]1C(=O)OC. The molecule has 1 heterocycles. The summed E-state index contributed by atoms with van der Waals surface area (Å²) in [5, 5.41) is 0. The van der Waals surface area contributed by atoms with Gasteiger partial charge in [0.2, 0.25) is 0 Å². The predicted molar refractivity (Wildman–Crippen MR) is 82.3 cm³/mol. The van der Waals surface area contributed by atoms with Crippen molar-refractivity contribution in [2.75, 3.05) is 21.0 Å². The first-order valence-corrected chi connectivity index (χ1v) is 7.93. The number of carbonyl (C=O) groups excluding carboxylic acids is 2. The van der Waals surface area contributed by atoms with Crippen LogP contribution in [0.25, 0.3) is 0 Å². The van der Waals surface area contributed by atoms with E-state index in [-0.39, 0.29) is 43.0 Å². The third kappa shape index (κ3) is 3.58. The lowest BCUT2D eigenvalue weighted by atomic mass is 9.77. The third-order valence-electron chi connectivity index (χ3n) is 5.11. The molecule has 6 heteroatoms. The molecule has 1 saturated carbocycles. The molecule has 23 heavy (non-hydrogen) atoms. The number of hydrogen-bond acceptors (Lipinski definition) is 6. The fraction of sp³-hybridized carbons (Fsp3) is 0.765. The van der Waals surface area contributed by atoms with Gasteiger partial charge in [-0.15, -0.1) is 0 Å². The molecule has 6 nitrogen and oxygen atoms in total. The minimum Gasteiger partial charge on any atom is -0.469 e. The largest absolute Gasteiger partial charge is 0.469 e. The van der Waals surface area contributed by atoms with Crippen LogP contribution in [0.15, 0.2) is 12.2 Å². The molecule has 0 unspecified atom stereocenters. The lowest BCUT2D eigenvalue weighted by molar-refractivity contribution is -0.151. The topological polar surface area (TPSA) is 71.1 Å². The average Bonchev–Trinajstić information content (AvgIpc) is 3.04. The molecule has 2 rings (SSSR count). The Morgan fingerprint density at radius 3 is 2.61 bits per heavy atom. The molecule has 0 radical (unpaired) electrons. The zero-order valence-corrected chi connectivity index (χ0v) is 14.2. The van der Waals surface area contributed by atoms with Crippen molar-refractivity contribution in [1.29, 1.82) is 0 Å². The Hall–Kier alpha value is -1.40. The van der Waals surface area contributed by atoms with E-state index in [0.717, 1.165) is 12.0 Å². The van der Waals surface area contributed by atoms with Crippen LogP contribution in [-0.4, -0.2) is 45.2 Å². The maximum absolute atomic E-state index is 12.0. The molecular formula is C17H26O6. The van der Waals surface area contributed by atoms with Crippen LogP contribution in [-0.2, 0) is 28.5 Å². The standard InChI is InChI=1S/C17H26O6/c1-9(2)11-6-13(22-8-20-4)10(3)15(11)16-12(17(19)21-5)7-14(18)23-16/h10-13,15-16H,1,6-8H2,2-5H3/t10-,11+,12+,13-,15+,16+/m0/s1. The van der Waals surface area contributed by atoms with E-state index in [2.05, 4.69) is 13.5 Å². The van der Waals surface area contributed by atoms with E-state index < -0.39 is 18.0 Å². The lowest BCUT2D eigenvalue weighted by Gasteiger charge is -2.31.